The van der Waals surface area contributed by atoms with Crippen molar-refractivity contribution in [1.29, 1.82) is 0 Å². The van der Waals surface area contributed by atoms with Crippen LogP contribution in [0.1, 0.15) is 399 Å². The second-order valence-corrected chi connectivity index (χ2v) is 28.4. The molecule has 0 aromatic rings. The minimum atomic E-state index is -1.51. The van der Waals surface area contributed by atoms with Crippen LogP contribution >= 0.6 is 0 Å². The van der Waals surface area contributed by atoms with Gasteiger partial charge in [0.15, 0.2) is 6.10 Å². The molecule has 0 rings (SSSR count). The molecule has 2 atom stereocenters. The first-order valence-corrected chi connectivity index (χ1v) is 39.8. The van der Waals surface area contributed by atoms with Gasteiger partial charge in [-0.3, -0.25) is 9.59 Å². The summed E-state index contributed by atoms with van der Waals surface area (Å²) in [5, 5.41) is 9.77. The predicted molar refractivity (Wildman–Crippen MR) is 392 cm³/mol. The molecule has 0 aliphatic carbocycles. The first-order chi connectivity index (χ1) is 44.6. The molecule has 0 heterocycles. The number of rotatable bonds is 75. The van der Waals surface area contributed by atoms with Gasteiger partial charge in [0.25, 0.3) is 6.29 Å². The van der Waals surface area contributed by atoms with E-state index in [9.17, 15) is 19.5 Å². The van der Waals surface area contributed by atoms with E-state index >= 15 is 0 Å². The number of unbranched alkanes of at least 4 members (excludes halogenated alkanes) is 52. The van der Waals surface area contributed by atoms with Crippen LogP contribution in [0.4, 0.5) is 0 Å². The monoisotopic (exact) mass is 1280 g/mol. The normalized spacial score (nSPS) is 12.8. The highest BCUT2D eigenvalue weighted by Gasteiger charge is 2.25. The van der Waals surface area contributed by atoms with Crippen LogP contribution in [0.15, 0.2) is 48.6 Å². The molecular formula is C82H154NO8+. The third-order valence-corrected chi connectivity index (χ3v) is 18.1. The molecule has 0 spiro atoms. The van der Waals surface area contributed by atoms with Gasteiger partial charge in [0, 0.05) is 12.8 Å². The summed E-state index contributed by atoms with van der Waals surface area (Å²) in [6, 6.07) is 0. The zero-order valence-electron chi connectivity index (χ0n) is 61.3. The highest BCUT2D eigenvalue weighted by atomic mass is 16.7. The third kappa shape index (κ3) is 74.5. The van der Waals surface area contributed by atoms with E-state index in [2.05, 4.69) is 62.5 Å². The zero-order valence-corrected chi connectivity index (χ0v) is 61.3. The first-order valence-electron chi connectivity index (χ1n) is 39.8. The van der Waals surface area contributed by atoms with Gasteiger partial charge in [0.05, 0.1) is 34.4 Å². The molecule has 9 heteroatoms. The summed E-state index contributed by atoms with van der Waals surface area (Å²) in [6.45, 7) is 4.84. The van der Waals surface area contributed by atoms with Gasteiger partial charge >= 0.3 is 17.9 Å². The number of hydrogen-bond acceptors (Lipinski definition) is 7. The Balaban J connectivity index is 3.96. The van der Waals surface area contributed by atoms with Crippen LogP contribution in [0.5, 0.6) is 0 Å². The van der Waals surface area contributed by atoms with Crippen molar-refractivity contribution in [2.45, 2.75) is 411 Å². The molecule has 0 saturated carbocycles. The maximum absolute atomic E-state index is 13.0. The number of esters is 2. The second kappa shape index (κ2) is 73.1. The highest BCUT2D eigenvalue weighted by molar-refractivity contribution is 5.71. The molecule has 0 aliphatic rings. The van der Waals surface area contributed by atoms with Crippen LogP contribution in [0.2, 0.25) is 0 Å². The van der Waals surface area contributed by atoms with Gasteiger partial charge in [-0.15, -0.1) is 0 Å². The fourth-order valence-corrected chi connectivity index (χ4v) is 12.1. The van der Waals surface area contributed by atoms with Crippen LogP contribution in [0, 0.1) is 0 Å². The first kappa shape index (κ1) is 88.2. The Labute approximate surface area is 565 Å². The lowest BCUT2D eigenvalue weighted by atomic mass is 10.0. The van der Waals surface area contributed by atoms with Gasteiger partial charge < -0.3 is 28.5 Å². The quantitative estimate of drug-likeness (QED) is 0.0211. The van der Waals surface area contributed by atoms with E-state index in [4.69, 9.17) is 18.9 Å². The third-order valence-electron chi connectivity index (χ3n) is 18.1. The van der Waals surface area contributed by atoms with E-state index in [1.165, 1.54) is 308 Å². The number of likely N-dealkylation sites (N-methyl/N-ethyl adjacent to an activating group) is 1. The standard InChI is InChI=1S/C82H153NO8/c1-6-8-10-12-14-16-18-20-22-24-26-28-30-32-34-36-37-38-39-40-41-42-43-45-46-48-50-52-54-56-58-60-62-64-66-68-70-72-79(84)89-76-78(77-90-82(81(86)87)88-75-74-83(3,4)5)91-80(85)73-71-69-67-65-63-61-59-57-55-53-51-49-47-44-35-33-31-29-27-25-23-21-19-17-15-13-11-9-7-2/h9,11,15,17,21,23,27,29,78,82H,6-8,10,12-14,16,18-20,22,24-26,28,30-77H2,1-5H3/p+1/b11-9-,17-15-,23-21-,29-27-. The molecule has 2 unspecified atom stereocenters. The maximum atomic E-state index is 13.0. The van der Waals surface area contributed by atoms with E-state index in [-0.39, 0.29) is 38.2 Å². The van der Waals surface area contributed by atoms with Crippen molar-refractivity contribution in [3.8, 4) is 0 Å². The number of quaternary nitrogens is 1. The van der Waals surface area contributed by atoms with Gasteiger partial charge in [-0.1, -0.05) is 383 Å². The van der Waals surface area contributed by atoms with Crippen LogP contribution in [0.3, 0.4) is 0 Å². The van der Waals surface area contributed by atoms with Crippen LogP contribution in [-0.4, -0.2) is 87.4 Å². The Morgan fingerprint density at radius 1 is 0.341 bits per heavy atom. The van der Waals surface area contributed by atoms with Crippen molar-refractivity contribution < 1.29 is 42.9 Å². The number of aliphatic carboxylic acids is 1. The Morgan fingerprint density at radius 2 is 0.626 bits per heavy atom. The van der Waals surface area contributed by atoms with Crippen molar-refractivity contribution in [2.75, 3.05) is 47.5 Å². The molecule has 91 heavy (non-hydrogen) atoms. The zero-order chi connectivity index (χ0) is 66.1. The average molecular weight is 1280 g/mol. The highest BCUT2D eigenvalue weighted by Crippen LogP contribution is 2.20. The topological polar surface area (TPSA) is 108 Å². The molecule has 0 aliphatic heterocycles. The smallest absolute Gasteiger partial charge is 0.361 e. The molecule has 0 amide bonds. The second-order valence-electron chi connectivity index (χ2n) is 28.4. The van der Waals surface area contributed by atoms with Gasteiger partial charge in [-0.25, -0.2) is 4.79 Å². The fourth-order valence-electron chi connectivity index (χ4n) is 12.1. The lowest BCUT2D eigenvalue weighted by Crippen LogP contribution is -2.40. The summed E-state index contributed by atoms with van der Waals surface area (Å²) < 4.78 is 23.1. The number of carbonyl (C=O) groups is 3. The van der Waals surface area contributed by atoms with Crippen molar-refractivity contribution in [2.24, 2.45) is 0 Å². The predicted octanol–water partition coefficient (Wildman–Crippen LogP) is 25.3. The van der Waals surface area contributed by atoms with Crippen molar-refractivity contribution in [3.05, 3.63) is 48.6 Å². The number of carbonyl (C=O) groups excluding carboxylic acids is 2. The molecule has 0 aromatic carbocycles. The van der Waals surface area contributed by atoms with Crippen LogP contribution in [0.25, 0.3) is 0 Å². The molecule has 9 nitrogen and oxygen atoms in total. The lowest BCUT2D eigenvalue weighted by molar-refractivity contribution is -0.870. The number of allylic oxidation sites excluding steroid dienone is 8. The summed E-state index contributed by atoms with van der Waals surface area (Å²) in [6.07, 6.45) is 92.8. The molecule has 0 aromatic heterocycles. The van der Waals surface area contributed by atoms with Gasteiger partial charge in [-0.2, -0.15) is 0 Å². The van der Waals surface area contributed by atoms with E-state index < -0.39 is 18.4 Å². The summed E-state index contributed by atoms with van der Waals surface area (Å²) in [5.74, 6) is -1.98. The van der Waals surface area contributed by atoms with Gasteiger partial charge in [0.1, 0.15) is 13.2 Å². The number of hydrogen-bond donors (Lipinski definition) is 1. The van der Waals surface area contributed by atoms with Crippen LogP contribution in [-0.2, 0) is 33.3 Å². The van der Waals surface area contributed by atoms with Crippen molar-refractivity contribution in [1.82, 2.24) is 0 Å². The summed E-state index contributed by atoms with van der Waals surface area (Å²) in [5.41, 5.74) is 0. The van der Waals surface area contributed by atoms with E-state index in [0.29, 0.717) is 17.4 Å². The summed E-state index contributed by atoms with van der Waals surface area (Å²) in [7, 11) is 6.00. The van der Waals surface area contributed by atoms with E-state index in [0.717, 1.165) is 64.2 Å². The molecular weight excluding hydrogens is 1130 g/mol. The number of carboxylic acid groups (broad SMARTS) is 1. The van der Waals surface area contributed by atoms with Crippen LogP contribution < -0.4 is 0 Å². The molecule has 0 bridgehead atoms. The minimum absolute atomic E-state index is 0.177. The molecule has 0 fully saturated rings. The Morgan fingerprint density at radius 3 is 0.934 bits per heavy atom. The number of nitrogens with zero attached hydrogens (tertiary/aromatic N) is 1. The molecule has 0 saturated heterocycles. The van der Waals surface area contributed by atoms with Crippen molar-refractivity contribution in [3.63, 3.8) is 0 Å². The molecule has 1 N–H and O–H groups in total. The number of carboxylic acids is 1. The van der Waals surface area contributed by atoms with Gasteiger partial charge in [-0.05, 0) is 51.4 Å². The summed E-state index contributed by atoms with van der Waals surface area (Å²) in [4.78, 5) is 37.7. The largest absolute Gasteiger partial charge is 0.477 e. The minimum Gasteiger partial charge on any atom is -0.477 e. The lowest BCUT2D eigenvalue weighted by Gasteiger charge is -2.25. The average Bonchev–Trinajstić information content (AvgIpc) is 3.66. The fraction of sp³-hybridized carbons (Fsp3) is 0.866. The molecule has 534 valence electrons. The van der Waals surface area contributed by atoms with Crippen molar-refractivity contribution >= 4 is 17.9 Å². The molecule has 0 radical (unpaired) electrons. The maximum Gasteiger partial charge on any atom is 0.361 e. The van der Waals surface area contributed by atoms with E-state index in [1.54, 1.807) is 0 Å². The van der Waals surface area contributed by atoms with Gasteiger partial charge in [0.2, 0.25) is 0 Å². The van der Waals surface area contributed by atoms with E-state index in [1.807, 2.05) is 21.1 Å². The summed E-state index contributed by atoms with van der Waals surface area (Å²) >= 11 is 0. The SMILES string of the molecule is CC/C=C\C/C=C\C/C=C\C/C=C\CCCCCCCCCCCCCCCCCCC(=O)OC(COC(=O)CCCCCCCCCCCCCCCCCCCCCCCCCCCCCCCCCCCCCCC)COC(OCC[N+](C)(C)C)C(=O)O. The Bertz CT molecular complexity index is 1630. The Hall–Kier alpha value is -2.75. The number of ether oxygens (including phenoxy) is 4. The Kier molecular flexibility index (Phi) is 70.9.